The van der Waals surface area contributed by atoms with Gasteiger partial charge in [0.05, 0.1) is 61.2 Å². The Balaban J connectivity index is 0.000000157. The number of ether oxygens (including phenoxy) is 6. The fourth-order valence-corrected chi connectivity index (χ4v) is 10.5. The maximum absolute atomic E-state index is 11.9. The van der Waals surface area contributed by atoms with E-state index in [9.17, 15) is 20.1 Å². The second-order valence-electron chi connectivity index (χ2n) is 26.9. The van der Waals surface area contributed by atoms with Crippen LogP contribution in [0.15, 0.2) is 170 Å². The molecular weight excluding hydrogens is 1400 g/mol. The standard InChI is InChI=1S/C26H23N5O2.C17H15ClN2O2.C14H23BN2O4.C13H16N4O2.C5H5BrN2/c27-14-21-11-18(2-4-26(21)33-25-6-9-32-10-7-25)19-5-8-28-24(12-19)13-23-3-1-20(15-29-23)22-16-30-31-17-22;18-17-10-13(3-6-20-17)12-1-2-16(14(9-12)11-19)22-15-4-7-21-8-5-15;1-12(2,3)19-11(18)17-9-10(8-16-17)15-20-13(4,5)14(6,7)21-15;1-13(2,3)19-12(18)17-8-10(7-16-17)9-4-5-11(14)15-6-9;6-4-1-2-5(7)8-3-4/h1-5,8,11-12,15-17,25H,6-7,9-10,13H2,(H,30,31);1-3,6,9-10,15H,4-5,7-8H2;8-9H,1-7H3;4-8H,1-3H3,(H2,14,15);1-3H,(H2,7,8). The van der Waals surface area contributed by atoms with Gasteiger partial charge in [-0.2, -0.15) is 35.2 Å². The molecule has 8 aromatic heterocycles. The summed E-state index contributed by atoms with van der Waals surface area (Å²) in [6.45, 7) is 21.6. The lowest BCUT2D eigenvalue weighted by Crippen LogP contribution is -2.41. The molecule has 5 N–H and O–H groups in total. The second kappa shape index (κ2) is 35.0. The van der Waals surface area contributed by atoms with Gasteiger partial charge in [-0.15, -0.1) is 0 Å². The number of carbonyl (C=O) groups excluding carboxylic acids is 2. The van der Waals surface area contributed by atoms with Gasteiger partial charge in [0.2, 0.25) is 0 Å². The Morgan fingerprint density at radius 1 is 0.583 bits per heavy atom. The van der Waals surface area contributed by atoms with E-state index in [4.69, 9.17) is 60.8 Å². The van der Waals surface area contributed by atoms with Crippen molar-refractivity contribution in [3.63, 3.8) is 0 Å². The van der Waals surface area contributed by atoms with Crippen molar-refractivity contribution in [2.45, 2.75) is 136 Å². The van der Waals surface area contributed by atoms with Crippen LogP contribution in [0.4, 0.5) is 21.2 Å². The lowest BCUT2D eigenvalue weighted by Gasteiger charge is -2.32. The Bertz CT molecular complexity index is 4480. The Morgan fingerprint density at radius 2 is 1.08 bits per heavy atom. The van der Waals surface area contributed by atoms with Gasteiger partial charge in [0.15, 0.2) is 0 Å². The highest BCUT2D eigenvalue weighted by molar-refractivity contribution is 9.10. The maximum Gasteiger partial charge on any atom is 0.498 e. The molecule has 3 aliphatic heterocycles. The minimum atomic E-state index is -0.562. The van der Waals surface area contributed by atoms with E-state index in [2.05, 4.69) is 73.4 Å². The number of rotatable bonds is 11. The summed E-state index contributed by atoms with van der Waals surface area (Å²) in [5.74, 6) is 2.25. The monoisotopic (exact) mass is 1480 g/mol. The number of aromatic nitrogens is 11. The number of hydrogen-bond donors (Lipinski definition) is 3. The van der Waals surface area contributed by atoms with E-state index in [1.807, 2.05) is 140 Å². The number of nitrogens with two attached hydrogens (primary N) is 2. The molecule has 0 spiro atoms. The van der Waals surface area contributed by atoms with Crippen molar-refractivity contribution >= 4 is 63.9 Å². The van der Waals surface area contributed by atoms with E-state index < -0.39 is 41.7 Å². The molecule has 28 heteroatoms. The lowest BCUT2D eigenvalue weighted by atomic mass is 9.82. The summed E-state index contributed by atoms with van der Waals surface area (Å²) in [4.78, 5) is 44.6. The van der Waals surface area contributed by atoms with Crippen LogP contribution in [0.5, 0.6) is 11.5 Å². The number of nitrogen functional groups attached to an aromatic ring is 2. The van der Waals surface area contributed by atoms with Crippen LogP contribution in [-0.4, -0.2) is 135 Å². The van der Waals surface area contributed by atoms with Gasteiger partial charge in [-0.3, -0.25) is 15.1 Å². The van der Waals surface area contributed by atoms with E-state index in [-0.39, 0.29) is 12.2 Å². The first-order valence-electron chi connectivity index (χ1n) is 33.2. The molecular formula is C75H82BBrClN15O10. The molecule has 0 saturated carbocycles. The van der Waals surface area contributed by atoms with Crippen LogP contribution >= 0.6 is 27.5 Å². The van der Waals surface area contributed by atoms with Gasteiger partial charge in [0, 0.05) is 131 Å². The van der Waals surface area contributed by atoms with E-state index in [1.54, 1.807) is 94.7 Å². The molecule has 103 heavy (non-hydrogen) atoms. The smallest absolute Gasteiger partial charge is 0.489 e. The lowest BCUT2D eigenvalue weighted by molar-refractivity contribution is 0.00578. The van der Waals surface area contributed by atoms with Gasteiger partial charge in [0.1, 0.15) is 63.8 Å². The molecule has 0 aliphatic carbocycles. The van der Waals surface area contributed by atoms with Crippen LogP contribution in [0, 0.1) is 22.7 Å². The van der Waals surface area contributed by atoms with E-state index in [0.29, 0.717) is 77.7 Å². The number of hydrogen-bond acceptors (Lipinski definition) is 22. The molecule has 25 nitrogen and oxygen atoms in total. The first-order valence-corrected chi connectivity index (χ1v) is 34.4. The molecule has 3 saturated heterocycles. The van der Waals surface area contributed by atoms with Gasteiger partial charge in [-0.05, 0) is 186 Å². The first kappa shape index (κ1) is 76.8. The molecule has 2 aromatic carbocycles. The van der Waals surface area contributed by atoms with Crippen molar-refractivity contribution in [1.29, 1.82) is 10.5 Å². The largest absolute Gasteiger partial charge is 0.498 e. The number of benzene rings is 2. The number of nitriles is 2. The first-order chi connectivity index (χ1) is 49.1. The highest BCUT2D eigenvalue weighted by Crippen LogP contribution is 2.37. The van der Waals surface area contributed by atoms with E-state index in [1.165, 1.54) is 0 Å². The zero-order valence-electron chi connectivity index (χ0n) is 59.0. The van der Waals surface area contributed by atoms with Crippen molar-refractivity contribution in [3.8, 4) is 68.1 Å². The van der Waals surface area contributed by atoms with Crippen LogP contribution < -0.4 is 26.4 Å². The number of H-pyrrole nitrogens is 1. The number of aromatic amines is 1. The van der Waals surface area contributed by atoms with Crippen LogP contribution in [0.25, 0.3) is 44.5 Å². The predicted molar refractivity (Wildman–Crippen MR) is 395 cm³/mol. The van der Waals surface area contributed by atoms with Crippen molar-refractivity contribution < 1.29 is 47.3 Å². The third-order valence-electron chi connectivity index (χ3n) is 16.1. The molecule has 13 rings (SSSR count). The number of nitrogens with one attached hydrogen (secondary N) is 1. The number of pyridine rings is 5. The molecule has 3 aliphatic rings. The number of anilines is 2. The Morgan fingerprint density at radius 3 is 1.56 bits per heavy atom. The van der Waals surface area contributed by atoms with Gasteiger partial charge in [0.25, 0.3) is 0 Å². The number of carbonyl (C=O) groups is 2. The van der Waals surface area contributed by atoms with Gasteiger partial charge in [-0.1, -0.05) is 29.8 Å². The molecule has 0 bridgehead atoms. The van der Waals surface area contributed by atoms with Crippen molar-refractivity contribution in [2.75, 3.05) is 37.9 Å². The normalized spacial score (nSPS) is 14.8. The highest BCUT2D eigenvalue weighted by atomic mass is 79.9. The Kier molecular flexibility index (Phi) is 26.1. The molecule has 3 fully saturated rings. The molecule has 0 radical (unpaired) electrons. The average Bonchev–Trinajstić information content (AvgIpc) is 1.64. The van der Waals surface area contributed by atoms with Gasteiger partial charge < -0.3 is 49.2 Å². The van der Waals surface area contributed by atoms with E-state index >= 15 is 0 Å². The fraction of sp³-hybridized carbons (Fsp3) is 0.333. The summed E-state index contributed by atoms with van der Waals surface area (Å²) >= 11 is 9.14. The number of halogens is 2. The molecule has 0 unspecified atom stereocenters. The highest BCUT2D eigenvalue weighted by Gasteiger charge is 2.52. The quantitative estimate of drug-likeness (QED) is 0.0800. The molecule has 0 atom stereocenters. The topological polar surface area (TPSA) is 336 Å². The summed E-state index contributed by atoms with van der Waals surface area (Å²) in [6, 6.07) is 34.6. The SMILES string of the molecule is CC(C)(C)OC(=O)n1cc(-c2ccc(N)nc2)cn1.CC(C)(C)OC(=O)n1cc(B2OC(C)(C)C(C)(C)O2)cn1.N#Cc1cc(-c2ccnc(Cc3ccc(-c4cn[nH]c4)cn3)c2)ccc1OC1CCOCC1.N#Cc1cc(-c2ccnc(Cl)c2)ccc1OC1CCOCC1.Nc1ccc(Br)cn1. The van der Waals surface area contributed by atoms with Gasteiger partial charge in [-0.25, -0.2) is 24.5 Å². The van der Waals surface area contributed by atoms with Crippen molar-refractivity contribution in [2.24, 2.45) is 0 Å². The van der Waals surface area contributed by atoms with Gasteiger partial charge >= 0.3 is 19.3 Å². The summed E-state index contributed by atoms with van der Waals surface area (Å²) in [5.41, 5.74) is 19.9. The Hall–Kier alpha value is -10.4. The molecule has 534 valence electrons. The second-order valence-corrected chi connectivity index (χ2v) is 28.2. The average molecular weight is 1480 g/mol. The zero-order valence-corrected chi connectivity index (χ0v) is 61.4. The van der Waals surface area contributed by atoms with Crippen molar-refractivity contribution in [1.82, 2.24) is 54.7 Å². The fourth-order valence-electron chi connectivity index (χ4n) is 10.1. The minimum Gasteiger partial charge on any atom is -0.489 e. The van der Waals surface area contributed by atoms with E-state index in [0.717, 1.165) is 95.4 Å². The summed E-state index contributed by atoms with van der Waals surface area (Å²) in [7, 11) is -0.536. The minimum absolute atomic E-state index is 0.0941. The number of nitrogens with zero attached hydrogens (tertiary/aromatic N) is 12. The predicted octanol–water partition coefficient (Wildman–Crippen LogP) is 14.1. The third kappa shape index (κ3) is 22.8. The molecule has 11 heterocycles. The molecule has 10 aromatic rings. The third-order valence-corrected chi connectivity index (χ3v) is 16.8. The Labute approximate surface area is 612 Å². The van der Waals surface area contributed by atoms with Crippen LogP contribution in [0.1, 0.15) is 117 Å². The van der Waals surface area contributed by atoms with Crippen LogP contribution in [0.2, 0.25) is 5.15 Å². The van der Waals surface area contributed by atoms with Crippen LogP contribution in [0.3, 0.4) is 0 Å². The maximum atomic E-state index is 11.9. The van der Waals surface area contributed by atoms with Crippen LogP contribution in [-0.2, 0) is 34.7 Å². The summed E-state index contributed by atoms with van der Waals surface area (Å²) in [6.07, 6.45) is 21.7. The zero-order chi connectivity index (χ0) is 73.9. The molecule has 0 amide bonds. The summed E-state index contributed by atoms with van der Waals surface area (Å²) in [5, 5.41) is 34.3. The van der Waals surface area contributed by atoms with Crippen molar-refractivity contribution in [3.05, 3.63) is 197 Å². The summed E-state index contributed by atoms with van der Waals surface area (Å²) < 4.78 is 48.3.